The largest absolute Gasteiger partial charge is 0.477 e. The van der Waals surface area contributed by atoms with E-state index in [0.29, 0.717) is 45.0 Å². The highest BCUT2D eigenvalue weighted by atomic mass is 19.4. The van der Waals surface area contributed by atoms with Crippen molar-refractivity contribution < 1.29 is 17.9 Å². The van der Waals surface area contributed by atoms with Crippen LogP contribution < -0.4 is 20.5 Å². The maximum atomic E-state index is 13.6. The Morgan fingerprint density at radius 2 is 1.94 bits per heavy atom. The Balaban J connectivity index is 1.42. The van der Waals surface area contributed by atoms with Crippen molar-refractivity contribution >= 4 is 5.69 Å². The van der Waals surface area contributed by atoms with Gasteiger partial charge in [0, 0.05) is 43.9 Å². The van der Waals surface area contributed by atoms with E-state index in [0.717, 1.165) is 35.1 Å². The molecule has 0 saturated carbocycles. The minimum atomic E-state index is -4.63. The Morgan fingerprint density at radius 1 is 1.14 bits per heavy atom. The van der Waals surface area contributed by atoms with Crippen LogP contribution in [0.15, 0.2) is 47.4 Å². The van der Waals surface area contributed by atoms with Crippen LogP contribution in [0, 0.1) is 0 Å². The highest BCUT2D eigenvalue weighted by Crippen LogP contribution is 2.42. The molecule has 0 aromatic carbocycles. The van der Waals surface area contributed by atoms with Gasteiger partial charge in [0.2, 0.25) is 11.4 Å². The van der Waals surface area contributed by atoms with Gasteiger partial charge in [-0.3, -0.25) is 9.78 Å². The molecule has 35 heavy (non-hydrogen) atoms. The molecule has 2 aliphatic rings. The van der Waals surface area contributed by atoms with Crippen molar-refractivity contribution in [1.29, 1.82) is 0 Å². The summed E-state index contributed by atoms with van der Waals surface area (Å²) in [5, 5.41) is 3.46. The number of anilines is 1. The molecule has 10 heteroatoms. The van der Waals surface area contributed by atoms with Gasteiger partial charge in [-0.15, -0.1) is 0 Å². The lowest BCUT2D eigenvalue weighted by Gasteiger charge is -2.46. The highest BCUT2D eigenvalue weighted by molar-refractivity contribution is 5.65. The van der Waals surface area contributed by atoms with Crippen molar-refractivity contribution in [2.24, 2.45) is 0 Å². The van der Waals surface area contributed by atoms with E-state index in [1.165, 1.54) is 6.07 Å². The molecule has 0 bridgehead atoms. The summed E-state index contributed by atoms with van der Waals surface area (Å²) >= 11 is 0. The first-order valence-electron chi connectivity index (χ1n) is 11.7. The number of ether oxygens (including phenoxy) is 1. The number of nitrogens with one attached hydrogen (secondary N) is 2. The molecule has 0 unspecified atom stereocenters. The summed E-state index contributed by atoms with van der Waals surface area (Å²) in [6, 6.07) is 10.3. The van der Waals surface area contributed by atoms with Crippen LogP contribution in [0.4, 0.5) is 18.9 Å². The van der Waals surface area contributed by atoms with Crippen LogP contribution in [0.5, 0.6) is 5.88 Å². The topological polar surface area (TPSA) is 83.1 Å². The molecular formula is C25H26F3N5O2. The zero-order valence-electron chi connectivity index (χ0n) is 19.3. The van der Waals surface area contributed by atoms with Crippen LogP contribution in [0.1, 0.15) is 36.7 Å². The van der Waals surface area contributed by atoms with Crippen molar-refractivity contribution in [3.8, 4) is 17.1 Å². The standard InChI is InChI=1S/C25H26F3N5O2/c1-2-35-23-16(4-3-11-30-23)18-6-5-17-19(31-18)14-29-15-24(17)9-12-33(13-10-24)20-7-8-21(34)32-22(20)25(26,27)28/h3-8,11,29H,2,9-10,12-15H2,1H3,(H,32,34). The van der Waals surface area contributed by atoms with E-state index in [4.69, 9.17) is 9.72 Å². The molecule has 5 heterocycles. The van der Waals surface area contributed by atoms with Crippen LogP contribution in [0.25, 0.3) is 11.3 Å². The predicted octanol–water partition coefficient (Wildman–Crippen LogP) is 3.89. The van der Waals surface area contributed by atoms with Crippen LogP contribution in [0.3, 0.4) is 0 Å². The Bertz CT molecular complexity index is 1280. The number of piperidine rings is 1. The third-order valence-corrected chi connectivity index (χ3v) is 6.87. The molecule has 0 radical (unpaired) electrons. The van der Waals surface area contributed by atoms with Crippen molar-refractivity contribution in [3.05, 3.63) is 69.9 Å². The maximum Gasteiger partial charge on any atom is 0.433 e. The average Bonchev–Trinajstić information content (AvgIpc) is 2.85. The number of fused-ring (bicyclic) bond motifs is 2. The number of rotatable bonds is 4. The average molecular weight is 486 g/mol. The number of pyridine rings is 3. The fraction of sp³-hybridized carbons (Fsp3) is 0.400. The lowest BCUT2D eigenvalue weighted by Crippen LogP contribution is -2.51. The normalized spacial score (nSPS) is 17.3. The Hall–Kier alpha value is -3.40. The molecule has 3 aromatic rings. The minimum Gasteiger partial charge on any atom is -0.477 e. The molecule has 5 rings (SSSR count). The van der Waals surface area contributed by atoms with Crippen LogP contribution in [-0.2, 0) is 18.1 Å². The van der Waals surface area contributed by atoms with Gasteiger partial charge in [-0.2, -0.15) is 13.2 Å². The van der Waals surface area contributed by atoms with E-state index < -0.39 is 17.4 Å². The third-order valence-electron chi connectivity index (χ3n) is 6.87. The first kappa shape index (κ1) is 23.3. The quantitative estimate of drug-likeness (QED) is 0.584. The summed E-state index contributed by atoms with van der Waals surface area (Å²) in [4.78, 5) is 24.5. The van der Waals surface area contributed by atoms with E-state index in [2.05, 4.69) is 16.4 Å². The van der Waals surface area contributed by atoms with E-state index in [-0.39, 0.29) is 11.1 Å². The zero-order chi connectivity index (χ0) is 24.6. The van der Waals surface area contributed by atoms with Gasteiger partial charge in [0.05, 0.1) is 29.2 Å². The fourth-order valence-corrected chi connectivity index (χ4v) is 5.19. The van der Waals surface area contributed by atoms with Crippen LogP contribution in [-0.4, -0.2) is 41.2 Å². The first-order valence-corrected chi connectivity index (χ1v) is 11.7. The number of hydrogen-bond donors (Lipinski definition) is 2. The first-order chi connectivity index (χ1) is 16.8. The molecular weight excluding hydrogens is 459 g/mol. The SMILES string of the molecule is CCOc1ncccc1-c1ccc2c(n1)CNCC21CCN(c2ccc(=O)[nH]c2C(F)(F)F)CC1. The number of aromatic amines is 1. The molecule has 0 aliphatic carbocycles. The third kappa shape index (κ3) is 4.38. The molecule has 1 fully saturated rings. The summed E-state index contributed by atoms with van der Waals surface area (Å²) in [6.45, 7) is 4.65. The summed E-state index contributed by atoms with van der Waals surface area (Å²) in [5.41, 5.74) is 1.73. The smallest absolute Gasteiger partial charge is 0.433 e. The van der Waals surface area contributed by atoms with E-state index in [1.54, 1.807) is 11.1 Å². The zero-order valence-corrected chi connectivity index (χ0v) is 19.3. The summed E-state index contributed by atoms with van der Waals surface area (Å²) in [7, 11) is 0. The monoisotopic (exact) mass is 485 g/mol. The molecule has 2 aliphatic heterocycles. The van der Waals surface area contributed by atoms with Crippen molar-refractivity contribution in [1.82, 2.24) is 20.3 Å². The highest BCUT2D eigenvalue weighted by Gasteiger charge is 2.42. The van der Waals surface area contributed by atoms with Gasteiger partial charge < -0.3 is 19.9 Å². The molecule has 3 aromatic heterocycles. The Morgan fingerprint density at radius 3 is 2.69 bits per heavy atom. The molecule has 1 saturated heterocycles. The minimum absolute atomic E-state index is 0.0180. The molecule has 0 atom stereocenters. The van der Waals surface area contributed by atoms with E-state index in [1.807, 2.05) is 30.1 Å². The fourth-order valence-electron chi connectivity index (χ4n) is 5.19. The number of nitrogens with zero attached hydrogens (tertiary/aromatic N) is 3. The maximum absolute atomic E-state index is 13.6. The second-order valence-corrected chi connectivity index (χ2v) is 8.93. The van der Waals surface area contributed by atoms with Gasteiger partial charge in [-0.05, 0) is 49.6 Å². The van der Waals surface area contributed by atoms with Crippen molar-refractivity contribution in [2.75, 3.05) is 31.1 Å². The number of hydrogen-bond acceptors (Lipinski definition) is 6. The number of H-pyrrole nitrogens is 1. The Labute approximate surface area is 200 Å². The molecule has 7 nitrogen and oxygen atoms in total. The lowest BCUT2D eigenvalue weighted by molar-refractivity contribution is -0.140. The van der Waals surface area contributed by atoms with Gasteiger partial charge >= 0.3 is 6.18 Å². The Kier molecular flexibility index (Phi) is 6.00. The van der Waals surface area contributed by atoms with Gasteiger partial charge in [0.1, 0.15) is 5.69 Å². The summed E-state index contributed by atoms with van der Waals surface area (Å²) < 4.78 is 46.3. The second-order valence-electron chi connectivity index (χ2n) is 8.93. The van der Waals surface area contributed by atoms with Gasteiger partial charge in [-0.1, -0.05) is 6.07 Å². The van der Waals surface area contributed by atoms with Crippen LogP contribution in [0.2, 0.25) is 0 Å². The summed E-state index contributed by atoms with van der Waals surface area (Å²) in [5.74, 6) is 0.538. The lowest BCUT2D eigenvalue weighted by atomic mass is 9.70. The number of alkyl halides is 3. The predicted molar refractivity (Wildman–Crippen MR) is 126 cm³/mol. The molecule has 2 N–H and O–H groups in total. The molecule has 184 valence electrons. The molecule has 0 amide bonds. The van der Waals surface area contributed by atoms with Gasteiger partial charge in [-0.25, -0.2) is 4.98 Å². The van der Waals surface area contributed by atoms with Gasteiger partial charge in [0.15, 0.2) is 0 Å². The molecule has 1 spiro atoms. The van der Waals surface area contributed by atoms with Crippen molar-refractivity contribution in [3.63, 3.8) is 0 Å². The second kappa shape index (κ2) is 8.99. The number of halogens is 3. The van der Waals surface area contributed by atoms with E-state index >= 15 is 0 Å². The van der Waals surface area contributed by atoms with Crippen molar-refractivity contribution in [2.45, 2.75) is 37.9 Å². The van der Waals surface area contributed by atoms with Crippen LogP contribution >= 0.6 is 0 Å². The van der Waals surface area contributed by atoms with E-state index in [9.17, 15) is 18.0 Å². The number of aromatic nitrogens is 3. The summed E-state index contributed by atoms with van der Waals surface area (Å²) in [6.07, 6.45) is -1.61. The van der Waals surface area contributed by atoms with Gasteiger partial charge in [0.25, 0.3) is 0 Å².